The van der Waals surface area contributed by atoms with Gasteiger partial charge in [0.25, 0.3) is 0 Å². The summed E-state index contributed by atoms with van der Waals surface area (Å²) in [5.41, 5.74) is 1.52. The molecule has 22 heavy (non-hydrogen) atoms. The van der Waals surface area contributed by atoms with Crippen LogP contribution in [0.25, 0.3) is 0 Å². The van der Waals surface area contributed by atoms with Crippen LogP contribution >= 0.6 is 0 Å². The van der Waals surface area contributed by atoms with Crippen molar-refractivity contribution in [2.45, 2.75) is 78.9 Å². The van der Waals surface area contributed by atoms with Gasteiger partial charge in [0.1, 0.15) is 0 Å². The summed E-state index contributed by atoms with van der Waals surface area (Å²) >= 11 is 0. The summed E-state index contributed by atoms with van der Waals surface area (Å²) in [5.74, 6) is 2.52. The highest BCUT2D eigenvalue weighted by atomic mass is 16.3. The van der Waals surface area contributed by atoms with Crippen molar-refractivity contribution in [3.8, 4) is 0 Å². The van der Waals surface area contributed by atoms with E-state index in [0.29, 0.717) is 29.6 Å². The topological polar surface area (TPSA) is 40.5 Å². The SMILES string of the molecule is CC1=C[C@@H]2[C@H]3[C@@H](C(C)C)CC[C@]3(C)CC[C@@]2(C)[C@@H](O)[C@@H](O)C1. The van der Waals surface area contributed by atoms with Gasteiger partial charge in [-0.3, -0.25) is 0 Å². The van der Waals surface area contributed by atoms with Gasteiger partial charge in [-0.05, 0) is 68.1 Å². The smallest absolute Gasteiger partial charge is 0.0861 e. The van der Waals surface area contributed by atoms with Gasteiger partial charge in [-0.15, -0.1) is 0 Å². The van der Waals surface area contributed by atoms with Crippen LogP contribution in [-0.4, -0.2) is 22.4 Å². The highest BCUT2D eigenvalue weighted by molar-refractivity contribution is 5.19. The van der Waals surface area contributed by atoms with E-state index in [1.807, 2.05) is 0 Å². The molecule has 3 rings (SSSR count). The lowest BCUT2D eigenvalue weighted by molar-refractivity contribution is -0.125. The van der Waals surface area contributed by atoms with E-state index in [1.54, 1.807) is 0 Å². The van der Waals surface area contributed by atoms with Crippen molar-refractivity contribution in [3.05, 3.63) is 11.6 Å². The van der Waals surface area contributed by atoms with Crippen LogP contribution in [0.4, 0.5) is 0 Å². The molecule has 7 atom stereocenters. The zero-order valence-corrected chi connectivity index (χ0v) is 15.0. The largest absolute Gasteiger partial charge is 0.390 e. The molecule has 0 unspecified atom stereocenters. The first-order valence-corrected chi connectivity index (χ1v) is 9.22. The number of allylic oxidation sites excluding steroid dienone is 1. The minimum absolute atomic E-state index is 0.168. The fourth-order valence-electron chi connectivity index (χ4n) is 6.13. The third-order valence-corrected chi connectivity index (χ3v) is 7.59. The maximum Gasteiger partial charge on any atom is 0.0861 e. The second kappa shape index (κ2) is 5.34. The van der Waals surface area contributed by atoms with Gasteiger partial charge < -0.3 is 10.2 Å². The predicted molar refractivity (Wildman–Crippen MR) is 90.4 cm³/mol. The van der Waals surface area contributed by atoms with E-state index in [9.17, 15) is 10.2 Å². The van der Waals surface area contributed by atoms with Crippen molar-refractivity contribution in [3.63, 3.8) is 0 Å². The third-order valence-electron chi connectivity index (χ3n) is 7.59. The van der Waals surface area contributed by atoms with Crippen molar-refractivity contribution in [1.82, 2.24) is 0 Å². The van der Waals surface area contributed by atoms with E-state index in [-0.39, 0.29) is 5.41 Å². The Kier molecular flexibility index (Phi) is 4.01. The maximum atomic E-state index is 10.9. The molecule has 126 valence electrons. The van der Waals surface area contributed by atoms with Crippen LogP contribution in [-0.2, 0) is 0 Å². The third kappa shape index (κ3) is 2.29. The first-order valence-electron chi connectivity index (χ1n) is 9.22. The predicted octanol–water partition coefficient (Wildman–Crippen LogP) is 4.16. The summed E-state index contributed by atoms with van der Waals surface area (Å²) < 4.78 is 0. The Hall–Kier alpha value is -0.340. The molecule has 2 nitrogen and oxygen atoms in total. The molecular weight excluding hydrogens is 272 g/mol. The van der Waals surface area contributed by atoms with E-state index < -0.39 is 12.2 Å². The second-order valence-electron chi connectivity index (χ2n) is 9.39. The molecule has 2 N–H and O–H groups in total. The molecule has 0 aromatic carbocycles. The van der Waals surface area contributed by atoms with Gasteiger partial charge in [0.15, 0.2) is 0 Å². The zero-order valence-electron chi connectivity index (χ0n) is 15.0. The van der Waals surface area contributed by atoms with Gasteiger partial charge in [-0.25, -0.2) is 0 Å². The normalized spacial score (nSPS) is 52.0. The molecule has 0 aromatic rings. The van der Waals surface area contributed by atoms with Crippen molar-refractivity contribution >= 4 is 0 Å². The van der Waals surface area contributed by atoms with E-state index >= 15 is 0 Å². The highest BCUT2D eigenvalue weighted by Crippen LogP contribution is 2.65. The fraction of sp³-hybridized carbons (Fsp3) is 0.900. The monoisotopic (exact) mass is 306 g/mol. The van der Waals surface area contributed by atoms with Gasteiger partial charge >= 0.3 is 0 Å². The van der Waals surface area contributed by atoms with E-state index in [0.717, 1.165) is 12.3 Å². The Balaban J connectivity index is 2.07. The van der Waals surface area contributed by atoms with Crippen LogP contribution in [0.15, 0.2) is 11.6 Å². The fourth-order valence-corrected chi connectivity index (χ4v) is 6.13. The van der Waals surface area contributed by atoms with Crippen molar-refractivity contribution in [2.24, 2.45) is 34.5 Å². The first-order chi connectivity index (χ1) is 10.2. The molecule has 2 heteroatoms. The van der Waals surface area contributed by atoms with Crippen molar-refractivity contribution < 1.29 is 10.2 Å². The molecular formula is C20H34O2. The van der Waals surface area contributed by atoms with Gasteiger partial charge in [0, 0.05) is 5.41 Å². The van der Waals surface area contributed by atoms with Crippen molar-refractivity contribution in [1.29, 1.82) is 0 Å². The molecule has 0 radical (unpaired) electrons. The van der Waals surface area contributed by atoms with Crippen LogP contribution in [0.5, 0.6) is 0 Å². The summed E-state index contributed by atoms with van der Waals surface area (Å²) in [5, 5.41) is 21.3. The van der Waals surface area contributed by atoms with Gasteiger partial charge in [0.2, 0.25) is 0 Å². The molecule has 0 bridgehead atoms. The number of aliphatic hydroxyl groups excluding tert-OH is 2. The number of fused-ring (bicyclic) bond motifs is 3. The van der Waals surface area contributed by atoms with Gasteiger partial charge in [0.05, 0.1) is 12.2 Å². The van der Waals surface area contributed by atoms with E-state index in [4.69, 9.17) is 0 Å². The Morgan fingerprint density at radius 1 is 1.14 bits per heavy atom. The summed E-state index contributed by atoms with van der Waals surface area (Å²) in [6, 6.07) is 0. The first kappa shape index (κ1) is 16.5. The lowest BCUT2D eigenvalue weighted by Crippen LogP contribution is -2.53. The Morgan fingerprint density at radius 2 is 1.82 bits per heavy atom. The average molecular weight is 306 g/mol. The lowest BCUT2D eigenvalue weighted by atomic mass is 9.51. The lowest BCUT2D eigenvalue weighted by Gasteiger charge is -2.55. The standard InChI is InChI=1S/C20H34O2/c1-12(2)14-6-7-19(4)8-9-20(5)15(17(14)19)10-13(3)11-16(21)18(20)22/h10,12,14-18,21-22H,6-9,11H2,1-5H3/t14-,15-,16+,17-,18+,19-,20-/m1/s1. The summed E-state index contributed by atoms with van der Waals surface area (Å²) in [6.07, 6.45) is 6.77. The van der Waals surface area contributed by atoms with Crippen LogP contribution in [0.2, 0.25) is 0 Å². The van der Waals surface area contributed by atoms with Gasteiger partial charge in [-0.1, -0.05) is 39.3 Å². The van der Waals surface area contributed by atoms with Crippen LogP contribution in [0.1, 0.15) is 66.7 Å². The highest BCUT2D eigenvalue weighted by Gasteiger charge is 2.59. The maximum absolute atomic E-state index is 10.9. The molecule has 0 heterocycles. The van der Waals surface area contributed by atoms with E-state index in [2.05, 4.69) is 40.7 Å². The van der Waals surface area contributed by atoms with Crippen LogP contribution in [0.3, 0.4) is 0 Å². The molecule has 0 aliphatic heterocycles. The minimum atomic E-state index is -0.602. The van der Waals surface area contributed by atoms with Crippen molar-refractivity contribution in [2.75, 3.05) is 0 Å². The van der Waals surface area contributed by atoms with Crippen LogP contribution in [0, 0.1) is 34.5 Å². The quantitative estimate of drug-likeness (QED) is 0.714. The number of hydrogen-bond donors (Lipinski definition) is 2. The molecule has 0 saturated heterocycles. The number of hydrogen-bond acceptors (Lipinski definition) is 2. The summed E-state index contributed by atoms with van der Waals surface area (Å²) in [4.78, 5) is 0. The Bertz CT molecular complexity index is 468. The molecule has 3 aliphatic rings. The summed E-state index contributed by atoms with van der Waals surface area (Å²) in [6.45, 7) is 11.6. The van der Waals surface area contributed by atoms with Gasteiger partial charge in [-0.2, -0.15) is 0 Å². The second-order valence-corrected chi connectivity index (χ2v) is 9.39. The van der Waals surface area contributed by atoms with Crippen LogP contribution < -0.4 is 0 Å². The molecule has 3 aliphatic carbocycles. The molecule has 2 saturated carbocycles. The van der Waals surface area contributed by atoms with E-state index in [1.165, 1.54) is 24.8 Å². The zero-order chi connectivity index (χ0) is 16.3. The minimum Gasteiger partial charge on any atom is -0.390 e. The molecule has 0 spiro atoms. The Labute approximate surface area is 136 Å². The molecule has 0 amide bonds. The number of rotatable bonds is 1. The number of aliphatic hydroxyl groups is 2. The average Bonchev–Trinajstić information content (AvgIpc) is 2.76. The molecule has 0 aromatic heterocycles. The molecule has 2 fully saturated rings. The Morgan fingerprint density at radius 3 is 2.45 bits per heavy atom. The summed E-state index contributed by atoms with van der Waals surface area (Å²) in [7, 11) is 0.